The van der Waals surface area contributed by atoms with Crippen LogP contribution in [0, 0.1) is 5.92 Å². The molecule has 7 nitrogen and oxygen atoms in total. The van der Waals surface area contributed by atoms with E-state index in [9.17, 15) is 13.2 Å². The van der Waals surface area contributed by atoms with E-state index in [-0.39, 0.29) is 24.0 Å². The van der Waals surface area contributed by atoms with Crippen molar-refractivity contribution in [2.24, 2.45) is 11.1 Å². The third-order valence-electron chi connectivity index (χ3n) is 2.90. The molecular weight excluding hydrogens is 270 g/mol. The van der Waals surface area contributed by atoms with Crippen molar-refractivity contribution < 1.29 is 17.9 Å². The average Bonchev–Trinajstić information content (AvgIpc) is 2.68. The van der Waals surface area contributed by atoms with Crippen LogP contribution in [0.2, 0.25) is 0 Å². The highest BCUT2D eigenvalue weighted by atomic mass is 32.2. The van der Waals surface area contributed by atoms with Crippen molar-refractivity contribution in [1.82, 2.24) is 4.98 Å². The van der Waals surface area contributed by atoms with Gasteiger partial charge in [-0.25, -0.2) is 18.5 Å². The predicted octanol–water partition coefficient (Wildman–Crippen LogP) is -0.268. The van der Waals surface area contributed by atoms with Gasteiger partial charge in [0.05, 0.1) is 12.9 Å². The maximum atomic E-state index is 11.9. The number of sulfonamides is 1. The second kappa shape index (κ2) is 5.14. The van der Waals surface area contributed by atoms with Crippen LogP contribution in [0.1, 0.15) is 6.42 Å². The maximum Gasteiger partial charge on any atom is 0.228 e. The predicted molar refractivity (Wildman–Crippen MR) is 69.2 cm³/mol. The molecule has 0 bridgehead atoms. The molecule has 0 aromatic carbocycles. The summed E-state index contributed by atoms with van der Waals surface area (Å²) in [7, 11) is -2.05. The Morgan fingerprint density at radius 3 is 2.95 bits per heavy atom. The molecule has 104 valence electrons. The van der Waals surface area contributed by atoms with E-state index in [1.165, 1.54) is 18.2 Å². The number of pyridine rings is 1. The Morgan fingerprint density at radius 1 is 1.58 bits per heavy atom. The van der Waals surface area contributed by atoms with Crippen molar-refractivity contribution in [3.8, 4) is 5.75 Å². The van der Waals surface area contributed by atoms with Crippen molar-refractivity contribution in [3.63, 3.8) is 0 Å². The van der Waals surface area contributed by atoms with E-state index in [1.54, 1.807) is 12.1 Å². The molecule has 2 rings (SSSR count). The number of nitrogens with zero attached hydrogens (tertiary/aromatic N) is 2. The lowest BCUT2D eigenvalue weighted by atomic mass is 10.1. The number of carbonyl (C=O) groups excluding carboxylic acids is 1. The Hall–Kier alpha value is -1.67. The van der Waals surface area contributed by atoms with Crippen LogP contribution in [-0.2, 0) is 14.8 Å². The number of methoxy groups -OCH3 is 1. The van der Waals surface area contributed by atoms with E-state index in [2.05, 4.69) is 4.98 Å². The van der Waals surface area contributed by atoms with E-state index in [0.29, 0.717) is 18.1 Å². The van der Waals surface area contributed by atoms with E-state index >= 15 is 0 Å². The first-order chi connectivity index (χ1) is 8.89. The maximum absolute atomic E-state index is 11.9. The number of primary sulfonamides is 1. The van der Waals surface area contributed by atoms with Gasteiger partial charge >= 0.3 is 0 Å². The molecule has 0 radical (unpaired) electrons. The SMILES string of the molecule is COc1ccnc(N2CC(CS(N)(=O)=O)CC2=O)c1. The summed E-state index contributed by atoms with van der Waals surface area (Å²) in [5.41, 5.74) is 0. The van der Waals surface area contributed by atoms with Gasteiger partial charge in [0.25, 0.3) is 0 Å². The van der Waals surface area contributed by atoms with Gasteiger partial charge in [0.1, 0.15) is 11.6 Å². The van der Waals surface area contributed by atoms with Crippen LogP contribution in [0.4, 0.5) is 5.82 Å². The summed E-state index contributed by atoms with van der Waals surface area (Å²) >= 11 is 0. The molecular formula is C11H15N3O4S. The van der Waals surface area contributed by atoms with E-state index < -0.39 is 10.0 Å². The summed E-state index contributed by atoms with van der Waals surface area (Å²) in [5.74, 6) is 0.401. The molecule has 1 atom stereocenters. The zero-order valence-electron chi connectivity index (χ0n) is 10.4. The second-order valence-electron chi connectivity index (χ2n) is 4.46. The van der Waals surface area contributed by atoms with E-state index in [0.717, 1.165) is 0 Å². The molecule has 1 saturated heterocycles. The van der Waals surface area contributed by atoms with Crippen molar-refractivity contribution in [2.75, 3.05) is 24.3 Å². The molecule has 0 saturated carbocycles. The van der Waals surface area contributed by atoms with Gasteiger partial charge in [-0.2, -0.15) is 0 Å². The summed E-state index contributed by atoms with van der Waals surface area (Å²) in [6, 6.07) is 3.31. The average molecular weight is 285 g/mol. The number of hydrogen-bond donors (Lipinski definition) is 1. The topological polar surface area (TPSA) is 103 Å². The molecule has 1 aromatic rings. The first kappa shape index (κ1) is 13.8. The third-order valence-corrected chi connectivity index (χ3v) is 3.84. The Bertz CT molecular complexity index is 587. The van der Waals surface area contributed by atoms with Crippen LogP contribution in [0.3, 0.4) is 0 Å². The number of ether oxygens (including phenoxy) is 1. The minimum absolute atomic E-state index is 0.158. The van der Waals surface area contributed by atoms with Crippen LogP contribution in [0.15, 0.2) is 18.3 Å². The highest BCUT2D eigenvalue weighted by molar-refractivity contribution is 7.89. The van der Waals surface area contributed by atoms with Gasteiger partial charge in [-0.15, -0.1) is 0 Å². The highest BCUT2D eigenvalue weighted by Gasteiger charge is 2.33. The standard InChI is InChI=1S/C11H15N3O4S/c1-18-9-2-3-13-10(5-9)14-6-8(4-11(14)15)7-19(12,16)17/h2-3,5,8H,4,6-7H2,1H3,(H2,12,16,17). The molecule has 1 unspecified atom stereocenters. The van der Waals surface area contributed by atoms with Crippen molar-refractivity contribution in [3.05, 3.63) is 18.3 Å². The summed E-state index contributed by atoms with van der Waals surface area (Å²) in [6.07, 6.45) is 1.70. The van der Waals surface area contributed by atoms with Gasteiger partial charge in [0, 0.05) is 31.1 Å². The van der Waals surface area contributed by atoms with Crippen LogP contribution in [0.25, 0.3) is 0 Å². The first-order valence-electron chi connectivity index (χ1n) is 5.70. The normalized spacial score (nSPS) is 19.8. The van der Waals surface area contributed by atoms with E-state index in [4.69, 9.17) is 9.88 Å². The lowest BCUT2D eigenvalue weighted by Crippen LogP contribution is -2.28. The van der Waals surface area contributed by atoms with Crippen LogP contribution < -0.4 is 14.8 Å². The Labute approximate surface area is 111 Å². The Balaban J connectivity index is 2.15. The Morgan fingerprint density at radius 2 is 2.32 bits per heavy atom. The fourth-order valence-corrected chi connectivity index (χ4v) is 3.00. The molecule has 1 aliphatic rings. The van der Waals surface area contributed by atoms with Gasteiger partial charge in [0.2, 0.25) is 15.9 Å². The van der Waals surface area contributed by atoms with Gasteiger partial charge in [-0.05, 0) is 6.07 Å². The largest absolute Gasteiger partial charge is 0.497 e. The monoisotopic (exact) mass is 285 g/mol. The smallest absolute Gasteiger partial charge is 0.228 e. The zero-order chi connectivity index (χ0) is 14.0. The molecule has 1 amide bonds. The minimum atomic E-state index is -3.57. The fraction of sp³-hybridized carbons (Fsp3) is 0.455. The summed E-state index contributed by atoms with van der Waals surface area (Å²) in [4.78, 5) is 17.4. The van der Waals surface area contributed by atoms with Crippen molar-refractivity contribution in [1.29, 1.82) is 0 Å². The molecule has 8 heteroatoms. The van der Waals surface area contributed by atoms with Crippen molar-refractivity contribution >= 4 is 21.7 Å². The number of aromatic nitrogens is 1. The zero-order valence-corrected chi connectivity index (χ0v) is 11.3. The minimum Gasteiger partial charge on any atom is -0.497 e. The van der Waals surface area contributed by atoms with E-state index in [1.807, 2.05) is 0 Å². The fourth-order valence-electron chi connectivity index (χ4n) is 2.12. The molecule has 2 heterocycles. The Kier molecular flexibility index (Phi) is 3.72. The summed E-state index contributed by atoms with van der Waals surface area (Å²) < 4.78 is 27.2. The number of carbonyl (C=O) groups is 1. The third kappa shape index (κ3) is 3.42. The molecule has 19 heavy (non-hydrogen) atoms. The molecule has 1 aromatic heterocycles. The number of amides is 1. The molecule has 0 aliphatic carbocycles. The van der Waals surface area contributed by atoms with Gasteiger partial charge in [-0.1, -0.05) is 0 Å². The lowest BCUT2D eigenvalue weighted by molar-refractivity contribution is -0.117. The van der Waals surface area contributed by atoms with Crippen LogP contribution in [0.5, 0.6) is 5.75 Å². The molecule has 1 aliphatic heterocycles. The van der Waals surface area contributed by atoms with Crippen LogP contribution >= 0.6 is 0 Å². The molecule has 0 spiro atoms. The van der Waals surface area contributed by atoms with Gasteiger partial charge in [-0.3, -0.25) is 9.69 Å². The first-order valence-corrected chi connectivity index (χ1v) is 7.41. The van der Waals surface area contributed by atoms with Crippen LogP contribution in [-0.4, -0.2) is 38.7 Å². The second-order valence-corrected chi connectivity index (χ2v) is 6.12. The lowest BCUT2D eigenvalue weighted by Gasteiger charge is -2.15. The summed E-state index contributed by atoms with van der Waals surface area (Å²) in [6.45, 7) is 0.301. The number of anilines is 1. The van der Waals surface area contributed by atoms with Crippen molar-refractivity contribution in [2.45, 2.75) is 6.42 Å². The number of nitrogens with two attached hydrogens (primary N) is 1. The molecule has 1 fully saturated rings. The quantitative estimate of drug-likeness (QED) is 0.820. The summed E-state index contributed by atoms with van der Waals surface area (Å²) in [5, 5.41) is 5.00. The van der Waals surface area contributed by atoms with Gasteiger partial charge in [0.15, 0.2) is 0 Å². The number of hydrogen-bond acceptors (Lipinski definition) is 5. The molecule has 2 N–H and O–H groups in total. The highest BCUT2D eigenvalue weighted by Crippen LogP contribution is 2.26. The van der Waals surface area contributed by atoms with Gasteiger partial charge < -0.3 is 4.74 Å². The number of rotatable bonds is 4.